The van der Waals surface area contributed by atoms with Gasteiger partial charge in [0.05, 0.1) is 11.9 Å². The normalized spacial score (nSPS) is 13.2. The summed E-state index contributed by atoms with van der Waals surface area (Å²) in [6.45, 7) is 5.07. The van der Waals surface area contributed by atoms with Crippen molar-refractivity contribution in [1.29, 1.82) is 0 Å². The fourth-order valence-corrected chi connectivity index (χ4v) is 4.23. The number of halogens is 2. The van der Waals surface area contributed by atoms with Crippen LogP contribution in [0.2, 0.25) is 10.0 Å². The molecule has 0 bridgehead atoms. The number of sulfonamides is 1. The predicted octanol–water partition coefficient (Wildman–Crippen LogP) is 4.09. The Morgan fingerprint density at radius 2 is 1.67 bits per heavy atom. The lowest BCUT2D eigenvalue weighted by Gasteiger charge is -2.32. The van der Waals surface area contributed by atoms with Gasteiger partial charge >= 0.3 is 0 Å². The van der Waals surface area contributed by atoms with E-state index in [0.717, 1.165) is 22.5 Å². The van der Waals surface area contributed by atoms with Gasteiger partial charge in [-0.1, -0.05) is 48.3 Å². The Labute approximate surface area is 205 Å². The molecule has 0 aliphatic carbocycles. The Morgan fingerprint density at radius 1 is 1.03 bits per heavy atom. The Bertz CT molecular complexity index is 1080. The largest absolute Gasteiger partial charge is 0.352 e. The van der Waals surface area contributed by atoms with Gasteiger partial charge in [-0.3, -0.25) is 13.9 Å². The molecule has 0 aliphatic rings. The van der Waals surface area contributed by atoms with Crippen LogP contribution in [0.1, 0.15) is 32.8 Å². The van der Waals surface area contributed by atoms with Crippen molar-refractivity contribution in [2.24, 2.45) is 0 Å². The van der Waals surface area contributed by atoms with Crippen LogP contribution in [0.25, 0.3) is 0 Å². The van der Waals surface area contributed by atoms with Crippen LogP contribution >= 0.6 is 23.2 Å². The second kappa shape index (κ2) is 11.7. The number of nitrogens with one attached hydrogen (secondary N) is 1. The summed E-state index contributed by atoms with van der Waals surface area (Å²) < 4.78 is 26.0. The third kappa shape index (κ3) is 7.91. The van der Waals surface area contributed by atoms with Crippen molar-refractivity contribution in [3.8, 4) is 0 Å². The molecule has 2 rings (SSSR count). The van der Waals surface area contributed by atoms with Crippen molar-refractivity contribution in [2.45, 2.75) is 45.8 Å². The van der Waals surface area contributed by atoms with Crippen LogP contribution in [0.3, 0.4) is 0 Å². The first-order chi connectivity index (χ1) is 15.4. The highest BCUT2D eigenvalue weighted by Gasteiger charge is 2.30. The van der Waals surface area contributed by atoms with Gasteiger partial charge in [-0.05, 0) is 56.2 Å². The lowest BCUT2D eigenvalue weighted by Crippen LogP contribution is -2.52. The second-order valence-electron chi connectivity index (χ2n) is 7.89. The summed E-state index contributed by atoms with van der Waals surface area (Å²) in [5.41, 5.74) is 1.02. The van der Waals surface area contributed by atoms with Gasteiger partial charge in [-0.2, -0.15) is 0 Å². The number of nitrogens with zero attached hydrogens (tertiary/aromatic N) is 2. The fraction of sp³-hybridized carbons (Fsp3) is 0.391. The van der Waals surface area contributed by atoms with Gasteiger partial charge in [-0.25, -0.2) is 8.42 Å². The molecule has 180 valence electrons. The lowest BCUT2D eigenvalue weighted by molar-refractivity contribution is -0.139. The molecule has 0 fully saturated rings. The van der Waals surface area contributed by atoms with Crippen molar-refractivity contribution in [3.05, 3.63) is 64.1 Å². The number of hydrogen-bond donors (Lipinski definition) is 1. The predicted molar refractivity (Wildman–Crippen MR) is 133 cm³/mol. The summed E-state index contributed by atoms with van der Waals surface area (Å²) in [7, 11) is -3.80. The SMILES string of the molecule is CCC(C)NC(=O)C(C)N(Cc1ccc(Cl)cc1)C(=O)CN(c1cccc(Cl)c1)S(C)(=O)=O. The van der Waals surface area contributed by atoms with Crippen LogP contribution in [-0.4, -0.2) is 50.0 Å². The van der Waals surface area contributed by atoms with Crippen LogP contribution in [0, 0.1) is 0 Å². The van der Waals surface area contributed by atoms with E-state index in [9.17, 15) is 18.0 Å². The minimum Gasteiger partial charge on any atom is -0.352 e. The topological polar surface area (TPSA) is 86.8 Å². The molecule has 0 aliphatic heterocycles. The zero-order valence-corrected chi connectivity index (χ0v) is 21.4. The summed E-state index contributed by atoms with van der Waals surface area (Å²) >= 11 is 12.0. The number of carbonyl (C=O) groups excluding carboxylic acids is 2. The highest BCUT2D eigenvalue weighted by atomic mass is 35.5. The van der Waals surface area contributed by atoms with Crippen LogP contribution < -0.4 is 9.62 Å². The second-order valence-corrected chi connectivity index (χ2v) is 10.7. The van der Waals surface area contributed by atoms with E-state index in [1.54, 1.807) is 49.4 Å². The number of anilines is 1. The Morgan fingerprint density at radius 3 is 2.21 bits per heavy atom. The van der Waals surface area contributed by atoms with E-state index in [2.05, 4.69) is 5.32 Å². The molecule has 33 heavy (non-hydrogen) atoms. The molecule has 0 aromatic heterocycles. The van der Waals surface area contributed by atoms with Crippen LogP contribution in [0.15, 0.2) is 48.5 Å². The molecule has 0 heterocycles. The van der Waals surface area contributed by atoms with Gasteiger partial charge in [0.15, 0.2) is 0 Å². The van der Waals surface area contributed by atoms with E-state index in [1.165, 1.54) is 11.0 Å². The van der Waals surface area contributed by atoms with Gasteiger partial charge in [0.1, 0.15) is 12.6 Å². The Hall–Kier alpha value is -2.29. The molecule has 2 unspecified atom stereocenters. The van der Waals surface area contributed by atoms with Gasteiger partial charge in [-0.15, -0.1) is 0 Å². The number of rotatable bonds is 10. The van der Waals surface area contributed by atoms with E-state index >= 15 is 0 Å². The smallest absolute Gasteiger partial charge is 0.244 e. The molecule has 1 N–H and O–H groups in total. The first-order valence-electron chi connectivity index (χ1n) is 10.5. The summed E-state index contributed by atoms with van der Waals surface area (Å²) in [6, 6.07) is 12.3. The van der Waals surface area contributed by atoms with E-state index in [-0.39, 0.29) is 24.2 Å². The van der Waals surface area contributed by atoms with Gasteiger partial charge < -0.3 is 10.2 Å². The molecule has 0 saturated carbocycles. The molecule has 2 atom stereocenters. The summed E-state index contributed by atoms with van der Waals surface area (Å²) in [5.74, 6) is -0.845. The molecule has 7 nitrogen and oxygen atoms in total. The molecule has 0 spiro atoms. The maximum absolute atomic E-state index is 13.4. The maximum atomic E-state index is 13.4. The van der Waals surface area contributed by atoms with Gasteiger partial charge in [0.2, 0.25) is 21.8 Å². The number of carbonyl (C=O) groups is 2. The van der Waals surface area contributed by atoms with Crippen LogP contribution in [-0.2, 0) is 26.2 Å². The molecule has 2 aromatic rings. The minimum atomic E-state index is -3.80. The zero-order chi connectivity index (χ0) is 24.8. The number of benzene rings is 2. The molecule has 2 amide bonds. The summed E-state index contributed by atoms with van der Waals surface area (Å²) in [4.78, 5) is 27.6. The standard InChI is InChI=1S/C23H29Cl2N3O4S/c1-5-16(2)26-23(30)17(3)27(14-18-9-11-19(24)12-10-18)22(29)15-28(33(4,31)32)21-8-6-7-20(25)13-21/h6-13,16-17H,5,14-15H2,1-4H3,(H,26,30). The Balaban J connectivity index is 2.37. The average Bonchev–Trinajstić information content (AvgIpc) is 2.75. The van der Waals surface area contributed by atoms with Gasteiger partial charge in [0.25, 0.3) is 0 Å². The highest BCUT2D eigenvalue weighted by molar-refractivity contribution is 7.92. The molecule has 0 saturated heterocycles. The molecule has 10 heteroatoms. The van der Waals surface area contributed by atoms with E-state index in [0.29, 0.717) is 10.0 Å². The van der Waals surface area contributed by atoms with Crippen LogP contribution in [0.4, 0.5) is 5.69 Å². The van der Waals surface area contributed by atoms with Crippen molar-refractivity contribution in [1.82, 2.24) is 10.2 Å². The van der Waals surface area contributed by atoms with Crippen molar-refractivity contribution < 1.29 is 18.0 Å². The number of amides is 2. The molecular formula is C23H29Cl2N3O4S. The van der Waals surface area contributed by atoms with E-state index in [4.69, 9.17) is 23.2 Å². The van der Waals surface area contributed by atoms with E-state index < -0.39 is 28.5 Å². The minimum absolute atomic E-state index is 0.0635. The first kappa shape index (κ1) is 27.0. The quantitative estimate of drug-likeness (QED) is 0.518. The third-order valence-electron chi connectivity index (χ3n) is 5.21. The van der Waals surface area contributed by atoms with Crippen molar-refractivity contribution in [3.63, 3.8) is 0 Å². The highest BCUT2D eigenvalue weighted by Crippen LogP contribution is 2.23. The van der Waals surface area contributed by atoms with Crippen molar-refractivity contribution in [2.75, 3.05) is 17.1 Å². The average molecular weight is 514 g/mol. The number of hydrogen-bond acceptors (Lipinski definition) is 4. The molecule has 2 aromatic carbocycles. The fourth-order valence-electron chi connectivity index (χ4n) is 3.08. The zero-order valence-electron chi connectivity index (χ0n) is 19.1. The summed E-state index contributed by atoms with van der Waals surface area (Å²) in [6.07, 6.45) is 1.75. The summed E-state index contributed by atoms with van der Waals surface area (Å²) in [5, 5.41) is 3.76. The Kier molecular flexibility index (Phi) is 9.57. The van der Waals surface area contributed by atoms with Crippen LogP contribution in [0.5, 0.6) is 0 Å². The van der Waals surface area contributed by atoms with Gasteiger partial charge in [0, 0.05) is 22.6 Å². The van der Waals surface area contributed by atoms with E-state index in [1.807, 2.05) is 13.8 Å². The lowest BCUT2D eigenvalue weighted by atomic mass is 10.1. The first-order valence-corrected chi connectivity index (χ1v) is 13.1. The maximum Gasteiger partial charge on any atom is 0.244 e. The molecule has 0 radical (unpaired) electrons. The third-order valence-corrected chi connectivity index (χ3v) is 6.84. The molecular weight excluding hydrogens is 485 g/mol. The van der Waals surface area contributed by atoms with Crippen molar-refractivity contribution >= 4 is 50.7 Å². The monoisotopic (exact) mass is 513 g/mol.